The highest BCUT2D eigenvalue weighted by Crippen LogP contribution is 2.48. The Balaban J connectivity index is 1.61. The van der Waals surface area contributed by atoms with Gasteiger partial charge in [0.05, 0.1) is 5.69 Å². The molecule has 0 atom stereocenters. The van der Waals surface area contributed by atoms with Crippen molar-refractivity contribution in [1.82, 2.24) is 0 Å². The van der Waals surface area contributed by atoms with Gasteiger partial charge in [0.25, 0.3) is 0 Å². The van der Waals surface area contributed by atoms with Crippen molar-refractivity contribution >= 4 is 28.2 Å². The maximum atomic E-state index is 13.6. The number of benzene rings is 3. The van der Waals surface area contributed by atoms with E-state index in [-0.39, 0.29) is 5.69 Å². The number of halogens is 8. The highest BCUT2D eigenvalue weighted by atomic mass is 19.4. The van der Waals surface area contributed by atoms with E-state index in [4.69, 9.17) is 0 Å². The number of urea groups is 1. The van der Waals surface area contributed by atoms with Crippen LogP contribution in [0.1, 0.15) is 0 Å². The lowest BCUT2D eigenvalue weighted by atomic mass is 10.1. The van der Waals surface area contributed by atoms with Crippen LogP contribution in [-0.2, 0) is 0 Å². The molecule has 0 aliphatic heterocycles. The molecule has 0 aliphatic rings. The smallest absolute Gasteiger partial charge is 0.381 e. The Labute approximate surface area is 187 Å². The maximum absolute atomic E-state index is 13.6. The van der Waals surface area contributed by atoms with E-state index >= 15 is 0 Å². The van der Waals surface area contributed by atoms with E-state index in [2.05, 4.69) is 15.4 Å². The van der Waals surface area contributed by atoms with Gasteiger partial charge < -0.3 is 15.4 Å². The van der Waals surface area contributed by atoms with Crippen LogP contribution in [0.2, 0.25) is 0 Å². The molecule has 2 N–H and O–H groups in total. The zero-order valence-corrected chi connectivity index (χ0v) is 17.0. The molecule has 182 valence electrons. The molecular formula is C22H16F8N2O2. The minimum absolute atomic E-state index is 0.159. The third kappa shape index (κ3) is 5.00. The van der Waals surface area contributed by atoms with Gasteiger partial charge in [0.1, 0.15) is 5.75 Å². The topological polar surface area (TPSA) is 50.4 Å². The van der Waals surface area contributed by atoms with Gasteiger partial charge >= 0.3 is 30.2 Å². The zero-order chi connectivity index (χ0) is 25.1. The Kier molecular flexibility index (Phi) is 6.89. The zero-order valence-electron chi connectivity index (χ0n) is 17.0. The van der Waals surface area contributed by atoms with Gasteiger partial charge in [-0.15, -0.1) is 0 Å². The minimum Gasteiger partial charge on any atom is -0.487 e. The molecule has 0 aliphatic carbocycles. The Morgan fingerprint density at radius 2 is 1.44 bits per heavy atom. The first-order valence-electron chi connectivity index (χ1n) is 9.55. The Hall–Kier alpha value is -3.57. The summed E-state index contributed by atoms with van der Waals surface area (Å²) in [6, 6.07) is 16.2. The van der Waals surface area contributed by atoms with E-state index in [1.807, 2.05) is 18.2 Å². The molecule has 12 heteroatoms. The summed E-state index contributed by atoms with van der Waals surface area (Å²) in [6.45, 7) is -2.28. The lowest BCUT2D eigenvalue weighted by Crippen LogP contribution is -2.59. The normalized spacial score (nSPS) is 12.6. The summed E-state index contributed by atoms with van der Waals surface area (Å²) in [5.74, 6) is -18.7. The fraction of sp³-hybridized carbons (Fsp3) is 0.227. The lowest BCUT2D eigenvalue weighted by molar-refractivity contribution is -0.342. The van der Waals surface area contributed by atoms with Crippen LogP contribution in [-0.4, -0.2) is 36.8 Å². The number of carbonyl (C=O) groups excluding carboxylic acids is 1. The summed E-state index contributed by atoms with van der Waals surface area (Å²) >= 11 is 0. The molecular weight excluding hydrogens is 476 g/mol. The van der Waals surface area contributed by atoms with E-state index in [0.29, 0.717) is 5.69 Å². The third-order valence-corrected chi connectivity index (χ3v) is 4.72. The molecule has 3 aromatic carbocycles. The number of hydrogen-bond donors (Lipinski definition) is 2. The first-order chi connectivity index (χ1) is 15.8. The fourth-order valence-electron chi connectivity index (χ4n) is 2.90. The van der Waals surface area contributed by atoms with Crippen LogP contribution in [0.25, 0.3) is 10.8 Å². The molecule has 3 rings (SSSR count). The monoisotopic (exact) mass is 492 g/mol. The van der Waals surface area contributed by atoms with Crippen molar-refractivity contribution in [2.75, 3.05) is 17.2 Å². The molecule has 0 heterocycles. The Morgan fingerprint density at radius 1 is 0.824 bits per heavy atom. The molecule has 0 saturated carbocycles. The van der Waals surface area contributed by atoms with Crippen LogP contribution in [0.3, 0.4) is 0 Å². The maximum Gasteiger partial charge on any atom is 0.381 e. The molecule has 3 aromatic rings. The predicted molar refractivity (Wildman–Crippen MR) is 109 cm³/mol. The number of rotatable bonds is 8. The second kappa shape index (κ2) is 9.35. The van der Waals surface area contributed by atoms with Crippen LogP contribution < -0.4 is 15.4 Å². The highest BCUT2D eigenvalue weighted by molar-refractivity contribution is 6.06. The summed E-state index contributed by atoms with van der Waals surface area (Å²) in [6.07, 6.45) is -5.00. The van der Waals surface area contributed by atoms with E-state index < -0.39 is 42.6 Å². The van der Waals surface area contributed by atoms with Gasteiger partial charge in [0, 0.05) is 11.1 Å². The second-order valence-electron chi connectivity index (χ2n) is 7.12. The van der Waals surface area contributed by atoms with Gasteiger partial charge in [0.15, 0.2) is 6.61 Å². The molecule has 34 heavy (non-hydrogen) atoms. The quantitative estimate of drug-likeness (QED) is 0.332. The van der Waals surface area contributed by atoms with Crippen molar-refractivity contribution in [3.05, 3.63) is 66.7 Å². The van der Waals surface area contributed by atoms with Crippen molar-refractivity contribution < 1.29 is 44.7 Å². The van der Waals surface area contributed by atoms with Crippen molar-refractivity contribution in [2.45, 2.75) is 24.2 Å². The molecule has 0 fully saturated rings. The minimum atomic E-state index is -6.35. The van der Waals surface area contributed by atoms with E-state index in [9.17, 15) is 39.9 Å². The van der Waals surface area contributed by atoms with Gasteiger partial charge in [-0.2, -0.15) is 26.3 Å². The molecule has 0 aromatic heterocycles. The molecule has 4 nitrogen and oxygen atoms in total. The third-order valence-electron chi connectivity index (χ3n) is 4.72. The second-order valence-corrected chi connectivity index (χ2v) is 7.12. The van der Waals surface area contributed by atoms with E-state index in [1.54, 1.807) is 24.3 Å². The van der Waals surface area contributed by atoms with Gasteiger partial charge in [-0.25, -0.2) is 13.6 Å². The first-order valence-corrected chi connectivity index (χ1v) is 9.55. The largest absolute Gasteiger partial charge is 0.487 e. The summed E-state index contributed by atoms with van der Waals surface area (Å²) < 4.78 is 108. The SMILES string of the molecule is O=C(Nc1ccc(OCC(F)(F)C(F)(F)C(F)(F)C(F)F)cc1)Nc1cccc2ccccc12. The number of alkyl halides is 8. The average Bonchev–Trinajstić information content (AvgIpc) is 2.78. The molecule has 0 radical (unpaired) electrons. The van der Waals surface area contributed by atoms with Crippen molar-refractivity contribution in [1.29, 1.82) is 0 Å². The Morgan fingerprint density at radius 3 is 2.09 bits per heavy atom. The number of anilines is 2. The summed E-state index contributed by atoms with van der Waals surface area (Å²) in [7, 11) is 0. The van der Waals surface area contributed by atoms with Gasteiger partial charge in [0.2, 0.25) is 0 Å². The van der Waals surface area contributed by atoms with Gasteiger partial charge in [-0.1, -0.05) is 36.4 Å². The van der Waals surface area contributed by atoms with Crippen molar-refractivity contribution in [2.24, 2.45) is 0 Å². The molecule has 2 amide bonds. The number of fused-ring (bicyclic) bond motifs is 1. The number of nitrogens with one attached hydrogen (secondary N) is 2. The molecule has 0 unspecified atom stereocenters. The molecule has 0 saturated heterocycles. The van der Waals surface area contributed by atoms with Crippen molar-refractivity contribution in [3.63, 3.8) is 0 Å². The van der Waals surface area contributed by atoms with Crippen LogP contribution in [0.4, 0.5) is 51.3 Å². The van der Waals surface area contributed by atoms with Crippen LogP contribution in [0.15, 0.2) is 66.7 Å². The number of amides is 2. The average molecular weight is 492 g/mol. The van der Waals surface area contributed by atoms with E-state index in [0.717, 1.165) is 22.9 Å². The van der Waals surface area contributed by atoms with Crippen LogP contribution in [0.5, 0.6) is 5.75 Å². The molecule has 0 bridgehead atoms. The van der Waals surface area contributed by atoms with Crippen molar-refractivity contribution in [3.8, 4) is 5.75 Å². The lowest BCUT2D eigenvalue weighted by Gasteiger charge is -2.32. The summed E-state index contributed by atoms with van der Waals surface area (Å²) in [4.78, 5) is 12.3. The summed E-state index contributed by atoms with van der Waals surface area (Å²) in [5, 5.41) is 6.75. The molecule has 0 spiro atoms. The van der Waals surface area contributed by atoms with E-state index in [1.165, 1.54) is 12.1 Å². The predicted octanol–water partition coefficient (Wildman–Crippen LogP) is 7.03. The van der Waals surface area contributed by atoms with Gasteiger partial charge in [-0.3, -0.25) is 0 Å². The number of hydrogen-bond acceptors (Lipinski definition) is 2. The number of ether oxygens (including phenoxy) is 1. The standard InChI is InChI=1S/C22H16F8N2O2/c23-18(24)21(27,28)22(29,30)20(25,26)12-34-15-10-8-14(9-11-15)31-19(33)32-17-7-3-5-13-4-1-2-6-16(13)17/h1-11,18H,12H2,(H2,31,32,33). The first kappa shape index (κ1) is 25.1. The number of carbonyl (C=O) groups is 1. The van der Waals surface area contributed by atoms with Crippen LogP contribution in [0, 0.1) is 0 Å². The Bertz CT molecular complexity index is 1150. The highest BCUT2D eigenvalue weighted by Gasteiger charge is 2.75. The summed E-state index contributed by atoms with van der Waals surface area (Å²) in [5.41, 5.74) is 0.672. The van der Waals surface area contributed by atoms with Gasteiger partial charge in [-0.05, 0) is 35.7 Å². The van der Waals surface area contributed by atoms with Crippen LogP contribution >= 0.6 is 0 Å². The fourth-order valence-corrected chi connectivity index (χ4v) is 2.90.